The second-order valence-corrected chi connectivity index (χ2v) is 5.91. The van der Waals surface area contributed by atoms with Crippen molar-refractivity contribution < 1.29 is 4.74 Å². The van der Waals surface area contributed by atoms with E-state index in [0.717, 1.165) is 32.8 Å². The minimum Gasteiger partial charge on any atom is -0.379 e. The van der Waals surface area contributed by atoms with Gasteiger partial charge in [0.2, 0.25) is 0 Å². The van der Waals surface area contributed by atoms with E-state index in [-0.39, 0.29) is 0 Å². The van der Waals surface area contributed by atoms with Crippen molar-refractivity contribution in [2.75, 3.05) is 53.0 Å². The molecule has 2 fully saturated rings. The molecule has 2 heterocycles. The normalized spacial score (nSPS) is 30.0. The number of rotatable bonds is 4. The molecule has 2 aliphatic heterocycles. The topological polar surface area (TPSA) is 27.7 Å². The standard InChI is InChI=1S/C14H29N3O/c1-13(12-17-8-10-18-11-9-17)15-14-4-3-6-16(2)7-5-14/h13-15H,3-12H2,1-2H3. The van der Waals surface area contributed by atoms with Crippen molar-refractivity contribution in [3.63, 3.8) is 0 Å². The van der Waals surface area contributed by atoms with Crippen LogP contribution in [0.3, 0.4) is 0 Å². The molecule has 2 saturated heterocycles. The summed E-state index contributed by atoms with van der Waals surface area (Å²) in [6, 6.07) is 1.31. The van der Waals surface area contributed by atoms with E-state index >= 15 is 0 Å². The smallest absolute Gasteiger partial charge is 0.0594 e. The molecule has 0 aromatic rings. The van der Waals surface area contributed by atoms with E-state index in [9.17, 15) is 0 Å². The van der Waals surface area contributed by atoms with Crippen molar-refractivity contribution in [2.45, 2.75) is 38.3 Å². The third kappa shape index (κ3) is 4.84. The molecule has 2 unspecified atom stereocenters. The number of nitrogens with one attached hydrogen (secondary N) is 1. The van der Waals surface area contributed by atoms with Crippen LogP contribution in [-0.2, 0) is 4.74 Å². The molecule has 0 spiro atoms. The van der Waals surface area contributed by atoms with Crippen LogP contribution in [0.15, 0.2) is 0 Å². The van der Waals surface area contributed by atoms with E-state index in [1.54, 1.807) is 0 Å². The zero-order valence-electron chi connectivity index (χ0n) is 12.0. The highest BCUT2D eigenvalue weighted by Gasteiger charge is 2.18. The molecule has 0 aromatic heterocycles. The van der Waals surface area contributed by atoms with E-state index in [2.05, 4.69) is 29.1 Å². The van der Waals surface area contributed by atoms with Crippen LogP contribution >= 0.6 is 0 Å². The summed E-state index contributed by atoms with van der Waals surface area (Å²) in [5.74, 6) is 0. The van der Waals surface area contributed by atoms with Gasteiger partial charge in [-0.2, -0.15) is 0 Å². The van der Waals surface area contributed by atoms with Crippen LogP contribution in [-0.4, -0.2) is 74.9 Å². The number of morpholine rings is 1. The van der Waals surface area contributed by atoms with Crippen molar-refractivity contribution in [3.8, 4) is 0 Å². The van der Waals surface area contributed by atoms with Gasteiger partial charge in [0.05, 0.1) is 13.2 Å². The van der Waals surface area contributed by atoms with Gasteiger partial charge in [0.15, 0.2) is 0 Å². The molecule has 4 heteroatoms. The lowest BCUT2D eigenvalue weighted by molar-refractivity contribution is 0.0337. The number of ether oxygens (including phenoxy) is 1. The zero-order valence-corrected chi connectivity index (χ0v) is 12.0. The summed E-state index contributed by atoms with van der Waals surface area (Å²) >= 11 is 0. The molecule has 0 bridgehead atoms. The molecular formula is C14H29N3O. The van der Waals surface area contributed by atoms with Gasteiger partial charge in [-0.25, -0.2) is 0 Å². The molecule has 1 N–H and O–H groups in total. The van der Waals surface area contributed by atoms with E-state index in [0.29, 0.717) is 12.1 Å². The highest BCUT2D eigenvalue weighted by molar-refractivity contribution is 4.78. The summed E-state index contributed by atoms with van der Waals surface area (Å²) in [6.07, 6.45) is 3.96. The van der Waals surface area contributed by atoms with Crippen LogP contribution < -0.4 is 5.32 Å². The number of nitrogens with zero attached hydrogens (tertiary/aromatic N) is 2. The first-order valence-electron chi connectivity index (χ1n) is 7.49. The lowest BCUT2D eigenvalue weighted by atomic mass is 10.1. The Morgan fingerprint density at radius 2 is 1.94 bits per heavy atom. The first-order valence-corrected chi connectivity index (χ1v) is 7.49. The van der Waals surface area contributed by atoms with Crippen molar-refractivity contribution in [1.29, 1.82) is 0 Å². The van der Waals surface area contributed by atoms with Crippen molar-refractivity contribution in [3.05, 3.63) is 0 Å². The van der Waals surface area contributed by atoms with E-state index in [4.69, 9.17) is 4.74 Å². The van der Waals surface area contributed by atoms with Crippen LogP contribution in [0.5, 0.6) is 0 Å². The Morgan fingerprint density at radius 1 is 1.17 bits per heavy atom. The first kappa shape index (κ1) is 14.3. The van der Waals surface area contributed by atoms with Crippen molar-refractivity contribution >= 4 is 0 Å². The Balaban J connectivity index is 1.67. The van der Waals surface area contributed by atoms with Gasteiger partial charge in [0.25, 0.3) is 0 Å². The van der Waals surface area contributed by atoms with Crippen LogP contribution in [0.4, 0.5) is 0 Å². The van der Waals surface area contributed by atoms with Crippen molar-refractivity contribution in [2.24, 2.45) is 0 Å². The average Bonchev–Trinajstić information content (AvgIpc) is 2.56. The van der Waals surface area contributed by atoms with Gasteiger partial charge in [-0.1, -0.05) is 0 Å². The average molecular weight is 255 g/mol. The van der Waals surface area contributed by atoms with E-state index in [1.807, 2.05) is 0 Å². The van der Waals surface area contributed by atoms with Gasteiger partial charge in [-0.05, 0) is 46.3 Å². The predicted octanol–water partition coefficient (Wildman–Crippen LogP) is 0.781. The molecule has 0 amide bonds. The fourth-order valence-corrected chi connectivity index (χ4v) is 3.03. The van der Waals surface area contributed by atoms with Crippen molar-refractivity contribution in [1.82, 2.24) is 15.1 Å². The highest BCUT2D eigenvalue weighted by Crippen LogP contribution is 2.10. The molecule has 106 valence electrons. The maximum absolute atomic E-state index is 5.39. The second kappa shape index (κ2) is 7.43. The van der Waals surface area contributed by atoms with Crippen LogP contribution in [0.1, 0.15) is 26.2 Å². The third-order valence-corrected chi connectivity index (χ3v) is 4.11. The Kier molecular flexibility index (Phi) is 5.89. The van der Waals surface area contributed by atoms with Crippen LogP contribution in [0.2, 0.25) is 0 Å². The minimum atomic E-state index is 0.594. The molecule has 2 rings (SSSR count). The molecular weight excluding hydrogens is 226 g/mol. The third-order valence-electron chi connectivity index (χ3n) is 4.11. The SMILES string of the molecule is CC(CN1CCOCC1)NC1CCCN(C)CC1. The highest BCUT2D eigenvalue weighted by atomic mass is 16.5. The quantitative estimate of drug-likeness (QED) is 0.803. The molecule has 0 aliphatic carbocycles. The summed E-state index contributed by atoms with van der Waals surface area (Å²) in [4.78, 5) is 4.97. The molecule has 2 aliphatic rings. The van der Waals surface area contributed by atoms with Gasteiger partial charge in [0.1, 0.15) is 0 Å². The maximum Gasteiger partial charge on any atom is 0.0594 e. The molecule has 0 aromatic carbocycles. The molecule has 4 nitrogen and oxygen atoms in total. The Labute approximate surface area is 112 Å². The summed E-state index contributed by atoms with van der Waals surface area (Å²) < 4.78 is 5.39. The molecule has 0 saturated carbocycles. The summed E-state index contributed by atoms with van der Waals surface area (Å²) in [6.45, 7) is 9.98. The number of hydrogen-bond acceptors (Lipinski definition) is 4. The van der Waals surface area contributed by atoms with Crippen LogP contribution in [0, 0.1) is 0 Å². The maximum atomic E-state index is 5.39. The predicted molar refractivity (Wildman–Crippen MR) is 75.0 cm³/mol. The summed E-state index contributed by atoms with van der Waals surface area (Å²) in [5, 5.41) is 3.82. The number of hydrogen-bond donors (Lipinski definition) is 1. The fraction of sp³-hybridized carbons (Fsp3) is 1.00. The minimum absolute atomic E-state index is 0.594. The molecule has 2 atom stereocenters. The largest absolute Gasteiger partial charge is 0.379 e. The Bertz CT molecular complexity index is 231. The number of likely N-dealkylation sites (tertiary alicyclic amines) is 1. The lowest BCUT2D eigenvalue weighted by Crippen LogP contribution is -2.47. The van der Waals surface area contributed by atoms with Gasteiger partial charge < -0.3 is 15.0 Å². The molecule has 0 radical (unpaired) electrons. The van der Waals surface area contributed by atoms with E-state index < -0.39 is 0 Å². The monoisotopic (exact) mass is 255 g/mol. The Morgan fingerprint density at radius 3 is 2.72 bits per heavy atom. The zero-order chi connectivity index (χ0) is 12.8. The van der Waals surface area contributed by atoms with Gasteiger partial charge in [-0.15, -0.1) is 0 Å². The second-order valence-electron chi connectivity index (χ2n) is 5.91. The first-order chi connectivity index (χ1) is 8.74. The molecule has 18 heavy (non-hydrogen) atoms. The van der Waals surface area contributed by atoms with Gasteiger partial charge in [0, 0.05) is 31.7 Å². The summed E-state index contributed by atoms with van der Waals surface area (Å²) in [7, 11) is 2.24. The fourth-order valence-electron chi connectivity index (χ4n) is 3.03. The van der Waals surface area contributed by atoms with Gasteiger partial charge >= 0.3 is 0 Å². The van der Waals surface area contributed by atoms with Gasteiger partial charge in [-0.3, -0.25) is 4.90 Å². The van der Waals surface area contributed by atoms with E-state index in [1.165, 1.54) is 32.4 Å². The lowest BCUT2D eigenvalue weighted by Gasteiger charge is -2.31. The van der Waals surface area contributed by atoms with Crippen LogP contribution in [0.25, 0.3) is 0 Å². The Hall–Kier alpha value is -0.160. The summed E-state index contributed by atoms with van der Waals surface area (Å²) in [5.41, 5.74) is 0.